The highest BCUT2D eigenvalue weighted by Gasteiger charge is 2.26. The van der Waals surface area contributed by atoms with Crippen molar-refractivity contribution in [2.24, 2.45) is 5.92 Å². The zero-order valence-electron chi connectivity index (χ0n) is 13.3. The summed E-state index contributed by atoms with van der Waals surface area (Å²) in [5.41, 5.74) is 2.43. The maximum atomic E-state index is 12.6. The SMILES string of the molecule is COCCN(CC(C)C)C(=O)CC1CNc2ccccc21. The van der Waals surface area contributed by atoms with Crippen molar-refractivity contribution < 1.29 is 9.53 Å². The number of hydrogen-bond acceptors (Lipinski definition) is 3. The van der Waals surface area contributed by atoms with E-state index in [0.29, 0.717) is 25.5 Å². The molecule has 0 bridgehead atoms. The average molecular weight is 290 g/mol. The van der Waals surface area contributed by atoms with Gasteiger partial charge in [0.25, 0.3) is 0 Å². The number of anilines is 1. The van der Waals surface area contributed by atoms with Crippen molar-refractivity contribution in [1.82, 2.24) is 4.90 Å². The van der Waals surface area contributed by atoms with Gasteiger partial charge < -0.3 is 15.0 Å². The van der Waals surface area contributed by atoms with Crippen LogP contribution in [0.4, 0.5) is 5.69 Å². The van der Waals surface area contributed by atoms with Crippen LogP contribution in [-0.2, 0) is 9.53 Å². The molecule has 116 valence electrons. The first-order chi connectivity index (χ1) is 10.1. The smallest absolute Gasteiger partial charge is 0.223 e. The summed E-state index contributed by atoms with van der Waals surface area (Å²) < 4.78 is 5.12. The van der Waals surface area contributed by atoms with Gasteiger partial charge >= 0.3 is 0 Å². The molecule has 4 nitrogen and oxygen atoms in total. The lowest BCUT2D eigenvalue weighted by molar-refractivity contribution is -0.132. The van der Waals surface area contributed by atoms with E-state index in [1.54, 1.807) is 7.11 Å². The molecule has 1 aromatic carbocycles. The third kappa shape index (κ3) is 4.21. The van der Waals surface area contributed by atoms with Crippen molar-refractivity contribution >= 4 is 11.6 Å². The molecule has 0 radical (unpaired) electrons. The number of para-hydroxylation sites is 1. The number of rotatable bonds is 7. The van der Waals surface area contributed by atoms with Gasteiger partial charge in [0.15, 0.2) is 0 Å². The van der Waals surface area contributed by atoms with E-state index in [1.807, 2.05) is 17.0 Å². The Morgan fingerprint density at radius 1 is 1.43 bits per heavy atom. The number of ether oxygens (including phenoxy) is 1. The molecule has 0 aliphatic carbocycles. The summed E-state index contributed by atoms with van der Waals surface area (Å²) in [4.78, 5) is 14.5. The Morgan fingerprint density at radius 2 is 2.19 bits per heavy atom. The monoisotopic (exact) mass is 290 g/mol. The number of hydrogen-bond donors (Lipinski definition) is 1. The van der Waals surface area contributed by atoms with Gasteiger partial charge in [-0.15, -0.1) is 0 Å². The second-order valence-electron chi connectivity index (χ2n) is 6.10. The van der Waals surface area contributed by atoms with Crippen LogP contribution in [0.2, 0.25) is 0 Å². The van der Waals surface area contributed by atoms with Crippen molar-refractivity contribution in [3.63, 3.8) is 0 Å². The summed E-state index contributed by atoms with van der Waals surface area (Å²) in [5, 5.41) is 3.38. The van der Waals surface area contributed by atoms with Crippen LogP contribution in [0.1, 0.15) is 31.7 Å². The molecule has 1 amide bonds. The predicted molar refractivity (Wildman–Crippen MR) is 85.6 cm³/mol. The lowest BCUT2D eigenvalue weighted by Gasteiger charge is -2.25. The van der Waals surface area contributed by atoms with E-state index >= 15 is 0 Å². The molecule has 0 saturated carbocycles. The van der Waals surface area contributed by atoms with Gasteiger partial charge in [-0.2, -0.15) is 0 Å². The van der Waals surface area contributed by atoms with Crippen LogP contribution < -0.4 is 5.32 Å². The zero-order valence-corrected chi connectivity index (χ0v) is 13.3. The van der Waals surface area contributed by atoms with Crippen molar-refractivity contribution in [3.05, 3.63) is 29.8 Å². The fraction of sp³-hybridized carbons (Fsp3) is 0.588. The Morgan fingerprint density at radius 3 is 2.90 bits per heavy atom. The number of nitrogens with zero attached hydrogens (tertiary/aromatic N) is 1. The third-order valence-corrected chi connectivity index (χ3v) is 3.86. The molecule has 1 aromatic rings. The van der Waals surface area contributed by atoms with E-state index in [2.05, 4.69) is 31.3 Å². The molecule has 0 spiro atoms. The summed E-state index contributed by atoms with van der Waals surface area (Å²) in [6.07, 6.45) is 0.570. The molecule has 0 saturated heterocycles. The molecule has 1 aliphatic rings. The highest BCUT2D eigenvalue weighted by molar-refractivity contribution is 5.78. The lowest BCUT2D eigenvalue weighted by atomic mass is 9.97. The number of amides is 1. The second kappa shape index (κ2) is 7.46. The standard InChI is InChI=1S/C17H26N2O2/c1-13(2)12-19(8-9-21-3)17(20)10-14-11-18-16-7-5-4-6-15(14)16/h4-7,13-14,18H,8-12H2,1-3H3. The van der Waals surface area contributed by atoms with Crippen molar-refractivity contribution in [3.8, 4) is 0 Å². The minimum absolute atomic E-state index is 0.226. The van der Waals surface area contributed by atoms with Gasteiger partial charge in [0.2, 0.25) is 5.91 Å². The van der Waals surface area contributed by atoms with Crippen LogP contribution in [0.3, 0.4) is 0 Å². The molecular weight excluding hydrogens is 264 g/mol. The minimum Gasteiger partial charge on any atom is -0.384 e. The number of methoxy groups -OCH3 is 1. The number of benzene rings is 1. The summed E-state index contributed by atoms with van der Waals surface area (Å²) in [6.45, 7) is 7.20. The van der Waals surface area contributed by atoms with Crippen molar-refractivity contribution in [2.75, 3.05) is 38.7 Å². The Labute approximate surface area is 127 Å². The van der Waals surface area contributed by atoms with Gasteiger partial charge in [-0.1, -0.05) is 32.0 Å². The predicted octanol–water partition coefficient (Wildman–Crippen LogP) is 2.72. The largest absolute Gasteiger partial charge is 0.384 e. The number of carbonyl (C=O) groups excluding carboxylic acids is 1. The highest BCUT2D eigenvalue weighted by Crippen LogP contribution is 2.33. The van der Waals surface area contributed by atoms with Crippen LogP contribution in [0.25, 0.3) is 0 Å². The first-order valence-electron chi connectivity index (χ1n) is 7.71. The Hall–Kier alpha value is -1.55. The first-order valence-corrected chi connectivity index (χ1v) is 7.71. The van der Waals surface area contributed by atoms with E-state index in [-0.39, 0.29) is 11.8 Å². The molecule has 1 aliphatic heterocycles. The van der Waals surface area contributed by atoms with Crippen LogP contribution in [-0.4, -0.2) is 44.2 Å². The maximum absolute atomic E-state index is 12.6. The molecule has 4 heteroatoms. The molecule has 21 heavy (non-hydrogen) atoms. The Kier molecular flexibility index (Phi) is 5.62. The zero-order chi connectivity index (χ0) is 15.2. The van der Waals surface area contributed by atoms with Crippen LogP contribution in [0.5, 0.6) is 0 Å². The second-order valence-corrected chi connectivity index (χ2v) is 6.10. The third-order valence-electron chi connectivity index (χ3n) is 3.86. The van der Waals surface area contributed by atoms with Crippen molar-refractivity contribution in [2.45, 2.75) is 26.2 Å². The molecule has 1 atom stereocenters. The summed E-state index contributed by atoms with van der Waals surface area (Å²) in [7, 11) is 1.68. The van der Waals surface area contributed by atoms with E-state index < -0.39 is 0 Å². The lowest BCUT2D eigenvalue weighted by Crippen LogP contribution is -2.37. The van der Waals surface area contributed by atoms with E-state index in [0.717, 1.165) is 13.1 Å². The van der Waals surface area contributed by atoms with Gasteiger partial charge in [-0.05, 0) is 17.5 Å². The van der Waals surface area contributed by atoms with Gasteiger partial charge in [0.05, 0.1) is 6.61 Å². The fourth-order valence-electron chi connectivity index (χ4n) is 2.84. The Balaban J connectivity index is 1.98. The number of nitrogens with one attached hydrogen (secondary N) is 1. The van der Waals surface area contributed by atoms with Gasteiger partial charge in [0.1, 0.15) is 0 Å². The summed E-state index contributed by atoms with van der Waals surface area (Å²) in [6, 6.07) is 8.27. The molecule has 1 N–H and O–H groups in total. The van der Waals surface area contributed by atoms with Gasteiger partial charge in [0, 0.05) is 44.8 Å². The highest BCUT2D eigenvalue weighted by atomic mass is 16.5. The van der Waals surface area contributed by atoms with E-state index in [1.165, 1.54) is 11.3 Å². The normalized spacial score (nSPS) is 16.7. The molecule has 0 fully saturated rings. The molecule has 1 heterocycles. The maximum Gasteiger partial charge on any atom is 0.223 e. The average Bonchev–Trinajstić information content (AvgIpc) is 2.86. The number of carbonyl (C=O) groups is 1. The summed E-state index contributed by atoms with van der Waals surface area (Å²) >= 11 is 0. The number of fused-ring (bicyclic) bond motifs is 1. The van der Waals surface area contributed by atoms with E-state index in [9.17, 15) is 4.79 Å². The van der Waals surface area contributed by atoms with Gasteiger partial charge in [-0.25, -0.2) is 0 Å². The van der Waals surface area contributed by atoms with Crippen LogP contribution in [0.15, 0.2) is 24.3 Å². The van der Waals surface area contributed by atoms with E-state index in [4.69, 9.17) is 4.74 Å². The first kappa shape index (κ1) is 15.8. The molecule has 1 unspecified atom stereocenters. The molecule has 2 rings (SSSR count). The van der Waals surface area contributed by atoms with Crippen LogP contribution >= 0.6 is 0 Å². The minimum atomic E-state index is 0.226. The van der Waals surface area contributed by atoms with Crippen LogP contribution in [0, 0.1) is 5.92 Å². The Bertz CT molecular complexity index is 474. The quantitative estimate of drug-likeness (QED) is 0.839. The van der Waals surface area contributed by atoms with Gasteiger partial charge in [-0.3, -0.25) is 4.79 Å². The fourth-order valence-corrected chi connectivity index (χ4v) is 2.84. The molecule has 0 aromatic heterocycles. The van der Waals surface area contributed by atoms with Crippen molar-refractivity contribution in [1.29, 1.82) is 0 Å². The summed E-state index contributed by atoms with van der Waals surface area (Å²) in [5.74, 6) is 0.981. The topological polar surface area (TPSA) is 41.6 Å². The molecular formula is C17H26N2O2.